The smallest absolute Gasteiger partial charge is 0.216 e. The minimum absolute atomic E-state index is 0.139. The molecule has 2 nitrogen and oxygen atoms in total. The number of halogens is 1. The summed E-state index contributed by atoms with van der Waals surface area (Å²) in [5.41, 5.74) is 9.62. The number of nitrogens with zero attached hydrogens (tertiary/aromatic N) is 1. The number of fused-ring (bicyclic) bond motifs is 3. The van der Waals surface area contributed by atoms with Gasteiger partial charge in [-0.2, -0.15) is 0 Å². The van der Waals surface area contributed by atoms with Crippen molar-refractivity contribution in [1.29, 1.82) is 0 Å². The van der Waals surface area contributed by atoms with Crippen molar-refractivity contribution in [3.05, 3.63) is 100 Å². The molecule has 36 heavy (non-hydrogen) atoms. The zero-order chi connectivity index (χ0) is 25.0. The molecule has 0 N–H and O–H groups in total. The van der Waals surface area contributed by atoms with E-state index in [1.807, 2.05) is 6.07 Å². The number of aryl methyl sites for hydroxylation is 4. The summed E-state index contributed by atoms with van der Waals surface area (Å²) in [6.07, 6.45) is 6.28. The maximum absolute atomic E-state index is 15.5. The van der Waals surface area contributed by atoms with Crippen LogP contribution in [0.2, 0.25) is 0 Å². The van der Waals surface area contributed by atoms with Gasteiger partial charge in [0.2, 0.25) is 5.69 Å². The van der Waals surface area contributed by atoms with Crippen LogP contribution in [0, 0.1) is 26.6 Å². The molecule has 0 spiro atoms. The van der Waals surface area contributed by atoms with Gasteiger partial charge in [-0.3, -0.25) is 0 Å². The second-order valence-corrected chi connectivity index (χ2v) is 10.7. The van der Waals surface area contributed by atoms with Crippen LogP contribution in [0.3, 0.4) is 0 Å². The molecule has 3 aromatic carbocycles. The lowest BCUT2D eigenvalue weighted by Crippen LogP contribution is -2.31. The summed E-state index contributed by atoms with van der Waals surface area (Å²) in [7, 11) is 2.08. The number of hydrogen-bond donors (Lipinski definition) is 0. The van der Waals surface area contributed by atoms with Crippen LogP contribution >= 0.6 is 0 Å². The Hall–Kier alpha value is -3.46. The Labute approximate surface area is 212 Å². The van der Waals surface area contributed by atoms with Gasteiger partial charge in [0, 0.05) is 28.0 Å². The van der Waals surface area contributed by atoms with Gasteiger partial charge in [-0.25, -0.2) is 8.96 Å². The van der Waals surface area contributed by atoms with E-state index in [4.69, 9.17) is 4.42 Å². The van der Waals surface area contributed by atoms with Crippen molar-refractivity contribution in [3.8, 4) is 11.3 Å². The van der Waals surface area contributed by atoms with Crippen molar-refractivity contribution in [2.24, 2.45) is 7.05 Å². The Morgan fingerprint density at radius 1 is 0.750 bits per heavy atom. The van der Waals surface area contributed by atoms with Crippen LogP contribution in [0.5, 0.6) is 0 Å². The van der Waals surface area contributed by atoms with Crippen LogP contribution in [0.25, 0.3) is 33.2 Å². The van der Waals surface area contributed by atoms with Gasteiger partial charge in [0.1, 0.15) is 24.0 Å². The molecule has 1 aliphatic rings. The van der Waals surface area contributed by atoms with Crippen LogP contribution in [-0.2, 0) is 7.05 Å². The molecule has 0 bridgehead atoms. The Balaban J connectivity index is 1.47. The van der Waals surface area contributed by atoms with Crippen LogP contribution in [0.1, 0.15) is 65.3 Å². The predicted octanol–water partition coefficient (Wildman–Crippen LogP) is 8.58. The molecule has 182 valence electrons. The third-order valence-corrected chi connectivity index (χ3v) is 8.41. The monoisotopic (exact) mass is 478 g/mol. The third-order valence-electron chi connectivity index (χ3n) is 8.41. The van der Waals surface area contributed by atoms with Crippen LogP contribution < -0.4 is 4.57 Å². The highest BCUT2D eigenvalue weighted by Crippen LogP contribution is 2.46. The van der Waals surface area contributed by atoms with Gasteiger partial charge in [0.05, 0.1) is 5.56 Å². The standard InChI is InChI=1S/C33H33FNO/c1-20-10-15-26-27-16-17-28(34)31(25-13-11-24(12-14-25)23-8-6-5-7-9-23)33(27)36-32(26)30(20)29-18-21(2)22(3)19-35(29)4/h5-10,15-19,24-25H,11-14H2,1-4H3/q+1. The van der Waals surface area contributed by atoms with E-state index >= 15 is 4.39 Å². The van der Waals surface area contributed by atoms with Crippen molar-refractivity contribution < 1.29 is 13.4 Å². The molecule has 1 aliphatic carbocycles. The molecule has 0 saturated heterocycles. The predicted molar refractivity (Wildman–Crippen MR) is 145 cm³/mol. The number of rotatable bonds is 3. The number of benzene rings is 3. The van der Waals surface area contributed by atoms with Crippen LogP contribution in [0.15, 0.2) is 71.3 Å². The van der Waals surface area contributed by atoms with Crippen LogP contribution in [0.4, 0.5) is 4.39 Å². The molecule has 2 heterocycles. The number of furan rings is 1. The van der Waals surface area contributed by atoms with E-state index in [2.05, 4.69) is 87.1 Å². The molecular weight excluding hydrogens is 445 g/mol. The van der Waals surface area contributed by atoms with Crippen LogP contribution in [-0.4, -0.2) is 0 Å². The Morgan fingerprint density at radius 3 is 2.17 bits per heavy atom. The molecule has 1 fully saturated rings. The minimum atomic E-state index is -0.139. The fourth-order valence-corrected chi connectivity index (χ4v) is 6.27. The normalized spacial score (nSPS) is 18.2. The largest absolute Gasteiger partial charge is 0.455 e. The number of aromatic nitrogens is 1. The lowest BCUT2D eigenvalue weighted by Gasteiger charge is -2.29. The molecular formula is C33H33FNO+. The second kappa shape index (κ2) is 8.89. The van der Waals surface area contributed by atoms with Gasteiger partial charge < -0.3 is 4.42 Å². The summed E-state index contributed by atoms with van der Waals surface area (Å²) in [4.78, 5) is 0. The summed E-state index contributed by atoms with van der Waals surface area (Å²) >= 11 is 0. The van der Waals surface area contributed by atoms with E-state index in [9.17, 15) is 0 Å². The SMILES string of the molecule is Cc1cc(-c2c(C)ccc3c2oc2c(C4CCC(c5ccccc5)CC4)c(F)ccc23)[n+](C)cc1C. The van der Waals surface area contributed by atoms with Crippen molar-refractivity contribution in [1.82, 2.24) is 0 Å². The molecule has 0 atom stereocenters. The van der Waals surface area contributed by atoms with E-state index in [1.54, 1.807) is 6.07 Å². The molecule has 0 radical (unpaired) electrons. The van der Waals surface area contributed by atoms with Gasteiger partial charge >= 0.3 is 0 Å². The van der Waals surface area contributed by atoms with Gasteiger partial charge in [-0.15, -0.1) is 0 Å². The molecule has 2 aromatic heterocycles. The summed E-state index contributed by atoms with van der Waals surface area (Å²) in [6.45, 7) is 6.41. The summed E-state index contributed by atoms with van der Waals surface area (Å²) in [5.74, 6) is 0.593. The first-order valence-corrected chi connectivity index (χ1v) is 13.1. The van der Waals surface area contributed by atoms with Gasteiger partial charge in [0.25, 0.3) is 0 Å². The highest BCUT2D eigenvalue weighted by atomic mass is 19.1. The zero-order valence-electron chi connectivity index (χ0n) is 21.6. The van der Waals surface area contributed by atoms with E-state index in [1.165, 1.54) is 16.7 Å². The first-order chi connectivity index (χ1) is 17.4. The lowest BCUT2D eigenvalue weighted by atomic mass is 9.76. The molecule has 6 rings (SSSR count). The summed E-state index contributed by atoms with van der Waals surface area (Å²) in [5, 5.41) is 2.07. The van der Waals surface area contributed by atoms with E-state index in [0.29, 0.717) is 5.92 Å². The van der Waals surface area contributed by atoms with E-state index in [0.717, 1.165) is 70.0 Å². The summed E-state index contributed by atoms with van der Waals surface area (Å²) in [6, 6.07) is 20.8. The zero-order valence-corrected chi connectivity index (χ0v) is 21.6. The minimum Gasteiger partial charge on any atom is -0.455 e. The molecule has 5 aromatic rings. The average molecular weight is 479 g/mol. The van der Waals surface area contributed by atoms with Crippen molar-refractivity contribution >= 4 is 21.9 Å². The number of pyridine rings is 1. The molecule has 0 unspecified atom stereocenters. The summed E-state index contributed by atoms with van der Waals surface area (Å²) < 4.78 is 24.3. The van der Waals surface area contributed by atoms with Gasteiger partial charge in [-0.1, -0.05) is 42.5 Å². The van der Waals surface area contributed by atoms with Crippen molar-refractivity contribution in [2.45, 2.75) is 58.3 Å². The molecule has 1 saturated carbocycles. The first kappa shape index (κ1) is 23.0. The maximum atomic E-state index is 15.5. The van der Waals surface area contributed by atoms with E-state index < -0.39 is 0 Å². The first-order valence-electron chi connectivity index (χ1n) is 13.1. The highest BCUT2D eigenvalue weighted by molar-refractivity contribution is 6.10. The highest BCUT2D eigenvalue weighted by Gasteiger charge is 2.29. The molecule has 0 amide bonds. The fourth-order valence-electron chi connectivity index (χ4n) is 6.27. The Bertz CT molecular complexity index is 1590. The third kappa shape index (κ3) is 3.73. The van der Waals surface area contributed by atoms with E-state index in [-0.39, 0.29) is 11.7 Å². The second-order valence-electron chi connectivity index (χ2n) is 10.7. The Morgan fingerprint density at radius 2 is 1.42 bits per heavy atom. The van der Waals surface area contributed by atoms with Crippen molar-refractivity contribution in [3.63, 3.8) is 0 Å². The van der Waals surface area contributed by atoms with Crippen molar-refractivity contribution in [2.75, 3.05) is 0 Å². The lowest BCUT2D eigenvalue weighted by molar-refractivity contribution is -0.660. The molecule has 3 heteroatoms. The Kier molecular flexibility index (Phi) is 5.67. The average Bonchev–Trinajstić information content (AvgIpc) is 3.25. The topological polar surface area (TPSA) is 17.0 Å². The molecule has 0 aliphatic heterocycles. The quantitative estimate of drug-likeness (QED) is 0.237. The van der Waals surface area contributed by atoms with Gasteiger partial charge in [-0.05, 0) is 87.1 Å². The van der Waals surface area contributed by atoms with Gasteiger partial charge in [0.15, 0.2) is 6.20 Å². The maximum Gasteiger partial charge on any atom is 0.216 e. The fraction of sp³-hybridized carbons (Fsp3) is 0.303. The number of hydrogen-bond acceptors (Lipinski definition) is 1.